The van der Waals surface area contributed by atoms with Gasteiger partial charge in [0, 0.05) is 5.25 Å². The molecule has 0 aromatic carbocycles. The molecule has 0 rings (SSSR count). The van der Waals surface area contributed by atoms with E-state index in [0.717, 1.165) is 38.5 Å². The van der Waals surface area contributed by atoms with Gasteiger partial charge in [0.05, 0.1) is 16.2 Å². The molecule has 0 fully saturated rings. The fourth-order valence-electron chi connectivity index (χ4n) is 3.98. The van der Waals surface area contributed by atoms with Crippen LogP contribution < -0.4 is 51.4 Å². The quantitative estimate of drug-likeness (QED) is 0.146. The van der Waals surface area contributed by atoms with Crippen LogP contribution in [0.3, 0.4) is 0 Å². The topological polar surface area (TPSA) is 77.4 Å². The molecular formula is C24H49KO4S. The van der Waals surface area contributed by atoms with Crippen LogP contribution in [-0.4, -0.2) is 29.4 Å². The predicted octanol–water partition coefficient (Wildman–Crippen LogP) is 4.11. The first-order valence-electron chi connectivity index (χ1n) is 12.5. The number of aliphatic hydroxyl groups is 1. The van der Waals surface area contributed by atoms with E-state index < -0.39 is 21.5 Å². The largest absolute Gasteiger partial charge is 1.00 e. The molecule has 176 valence electrons. The molecule has 0 saturated carbocycles. The van der Waals surface area contributed by atoms with Crippen LogP contribution >= 0.6 is 0 Å². The summed E-state index contributed by atoms with van der Waals surface area (Å²) in [4.78, 5) is 0. The minimum atomic E-state index is -4.26. The third-order valence-corrected chi connectivity index (χ3v) is 7.29. The van der Waals surface area contributed by atoms with E-state index in [1.54, 1.807) is 0 Å². The average molecular weight is 473 g/mol. The molecule has 0 aliphatic heterocycles. The zero-order valence-corrected chi connectivity index (χ0v) is 24.3. The molecule has 0 saturated heterocycles. The fraction of sp³-hybridized carbons (Fsp3) is 1.00. The van der Waals surface area contributed by atoms with Gasteiger partial charge in [0.15, 0.2) is 0 Å². The summed E-state index contributed by atoms with van der Waals surface area (Å²) in [5.74, 6) is 0. The van der Waals surface area contributed by atoms with Crippen LogP contribution in [0.1, 0.15) is 142 Å². The number of hydrogen-bond donors (Lipinski definition) is 1. The van der Waals surface area contributed by atoms with E-state index in [-0.39, 0.29) is 51.4 Å². The van der Waals surface area contributed by atoms with Gasteiger partial charge in [-0.15, -0.1) is 0 Å². The van der Waals surface area contributed by atoms with Gasteiger partial charge < -0.3 is 9.66 Å². The summed E-state index contributed by atoms with van der Waals surface area (Å²) in [7, 11) is -4.26. The molecule has 6 heteroatoms. The molecule has 0 aliphatic carbocycles. The maximum atomic E-state index is 11.5. The second-order valence-corrected chi connectivity index (χ2v) is 10.5. The molecule has 0 radical (unpaired) electrons. The molecule has 2 unspecified atom stereocenters. The summed E-state index contributed by atoms with van der Waals surface area (Å²) in [5.41, 5.74) is 0. The third kappa shape index (κ3) is 22.7. The summed E-state index contributed by atoms with van der Waals surface area (Å²) < 4.78 is 34.6. The van der Waals surface area contributed by atoms with Gasteiger partial charge in [0.1, 0.15) is 0 Å². The predicted molar refractivity (Wildman–Crippen MR) is 123 cm³/mol. The van der Waals surface area contributed by atoms with Gasteiger partial charge in [0.25, 0.3) is 0 Å². The molecule has 1 N–H and O–H groups in total. The van der Waals surface area contributed by atoms with Crippen LogP contribution in [0.25, 0.3) is 0 Å². The van der Waals surface area contributed by atoms with Crippen molar-refractivity contribution in [2.24, 2.45) is 0 Å². The van der Waals surface area contributed by atoms with Crippen LogP contribution in [0.5, 0.6) is 0 Å². The van der Waals surface area contributed by atoms with Crippen LogP contribution in [0, 0.1) is 0 Å². The van der Waals surface area contributed by atoms with Gasteiger partial charge in [0.2, 0.25) is 0 Å². The standard InChI is InChI=1S/C24H50O4S.K/c1-3-5-7-9-11-12-13-14-15-17-19-23(25)21-22-24(29(26,27)28)20-18-16-10-8-6-4-2;/h23-25H,3-22H2,1-2H3,(H,26,27,28);/q;+1/p-1. The summed E-state index contributed by atoms with van der Waals surface area (Å²) in [5, 5.41) is 9.34. The minimum Gasteiger partial charge on any atom is -0.748 e. The van der Waals surface area contributed by atoms with Gasteiger partial charge in [-0.05, 0) is 25.7 Å². The number of unbranched alkanes of at least 4 members (excludes halogenated alkanes) is 14. The Kier molecular flexibility index (Phi) is 26.6. The summed E-state index contributed by atoms with van der Waals surface area (Å²) in [6.45, 7) is 4.41. The molecular weight excluding hydrogens is 423 g/mol. The molecule has 0 aliphatic rings. The van der Waals surface area contributed by atoms with Gasteiger partial charge in [-0.25, -0.2) is 8.42 Å². The van der Waals surface area contributed by atoms with Crippen molar-refractivity contribution in [3.05, 3.63) is 0 Å². The number of hydrogen-bond acceptors (Lipinski definition) is 4. The Bertz CT molecular complexity index is 442. The molecule has 0 bridgehead atoms. The second-order valence-electron chi connectivity index (χ2n) is 8.87. The normalized spacial score (nSPS) is 13.7. The van der Waals surface area contributed by atoms with Crippen molar-refractivity contribution in [3.63, 3.8) is 0 Å². The molecule has 30 heavy (non-hydrogen) atoms. The van der Waals surface area contributed by atoms with E-state index in [1.165, 1.54) is 70.6 Å². The van der Waals surface area contributed by atoms with Crippen molar-refractivity contribution in [1.29, 1.82) is 0 Å². The molecule has 2 atom stereocenters. The Hall–Kier alpha value is 1.51. The fourth-order valence-corrected chi connectivity index (χ4v) is 4.86. The molecule has 0 aromatic rings. The SMILES string of the molecule is CCCCCCCCCCCCC(O)CCC(CCCCCCCC)S(=O)(=O)[O-].[K+]. The first kappa shape index (κ1) is 33.7. The van der Waals surface area contributed by atoms with E-state index in [9.17, 15) is 18.1 Å². The first-order valence-corrected chi connectivity index (χ1v) is 14.0. The van der Waals surface area contributed by atoms with Crippen molar-refractivity contribution in [2.45, 2.75) is 154 Å². The Morgan fingerprint density at radius 1 is 0.600 bits per heavy atom. The Morgan fingerprint density at radius 2 is 0.967 bits per heavy atom. The Morgan fingerprint density at radius 3 is 1.37 bits per heavy atom. The first-order chi connectivity index (χ1) is 13.9. The van der Waals surface area contributed by atoms with Crippen LogP contribution in [0.2, 0.25) is 0 Å². The van der Waals surface area contributed by atoms with Gasteiger partial charge >= 0.3 is 51.4 Å². The second kappa shape index (κ2) is 23.7. The maximum absolute atomic E-state index is 11.5. The zero-order valence-electron chi connectivity index (χ0n) is 20.4. The number of rotatable bonds is 22. The van der Waals surface area contributed by atoms with Gasteiger partial charge in [-0.3, -0.25) is 0 Å². The molecule has 0 spiro atoms. The smallest absolute Gasteiger partial charge is 0.748 e. The molecule has 0 amide bonds. The van der Waals surface area contributed by atoms with E-state index in [0.29, 0.717) is 19.3 Å². The molecule has 4 nitrogen and oxygen atoms in total. The number of aliphatic hydroxyl groups excluding tert-OH is 1. The van der Waals surface area contributed by atoms with Crippen molar-refractivity contribution in [1.82, 2.24) is 0 Å². The van der Waals surface area contributed by atoms with Crippen molar-refractivity contribution < 1.29 is 69.5 Å². The Balaban J connectivity index is 0. The van der Waals surface area contributed by atoms with Crippen molar-refractivity contribution in [2.75, 3.05) is 0 Å². The van der Waals surface area contributed by atoms with E-state index in [4.69, 9.17) is 0 Å². The minimum absolute atomic E-state index is 0. The van der Waals surface area contributed by atoms with Crippen molar-refractivity contribution >= 4 is 10.1 Å². The average Bonchev–Trinajstić information content (AvgIpc) is 2.67. The van der Waals surface area contributed by atoms with Crippen LogP contribution in [0.4, 0.5) is 0 Å². The van der Waals surface area contributed by atoms with Gasteiger partial charge in [-0.2, -0.15) is 0 Å². The monoisotopic (exact) mass is 472 g/mol. The summed E-state index contributed by atoms with van der Waals surface area (Å²) in [6, 6.07) is 0. The van der Waals surface area contributed by atoms with E-state index >= 15 is 0 Å². The van der Waals surface area contributed by atoms with Crippen molar-refractivity contribution in [3.8, 4) is 0 Å². The molecule has 0 aromatic heterocycles. The third-order valence-electron chi connectivity index (χ3n) is 6.00. The molecule has 0 heterocycles. The summed E-state index contributed by atoms with van der Waals surface area (Å²) in [6.07, 6.45) is 20.6. The van der Waals surface area contributed by atoms with Crippen LogP contribution in [0.15, 0.2) is 0 Å². The van der Waals surface area contributed by atoms with E-state index in [1.807, 2.05) is 0 Å². The summed E-state index contributed by atoms with van der Waals surface area (Å²) >= 11 is 0. The van der Waals surface area contributed by atoms with E-state index in [2.05, 4.69) is 13.8 Å². The van der Waals surface area contributed by atoms with Gasteiger partial charge in [-0.1, -0.05) is 117 Å². The maximum Gasteiger partial charge on any atom is 1.00 e. The Labute approximate surface area is 230 Å². The van der Waals surface area contributed by atoms with Crippen LogP contribution in [-0.2, 0) is 10.1 Å². The zero-order chi connectivity index (χ0) is 21.8.